The largest absolute Gasteiger partial charge is 0.497 e. The van der Waals surface area contributed by atoms with Crippen LogP contribution in [0.4, 0.5) is 0 Å². The Bertz CT molecular complexity index is 491. The average Bonchev–Trinajstić information content (AvgIpc) is 2.48. The smallest absolute Gasteiger partial charge is 0.206 e. The van der Waals surface area contributed by atoms with E-state index in [1.165, 1.54) is 0 Å². The van der Waals surface area contributed by atoms with Crippen LogP contribution in [-0.2, 0) is 11.2 Å². The normalized spacial score (nSPS) is 35.7. The molecule has 1 aromatic rings. The third-order valence-corrected chi connectivity index (χ3v) is 3.98. The monoisotopic (exact) mass is 282 g/mol. The molecule has 1 fully saturated rings. The number of benzene rings is 1. The van der Waals surface area contributed by atoms with E-state index in [1.807, 2.05) is 12.1 Å². The van der Waals surface area contributed by atoms with Crippen molar-refractivity contribution in [2.75, 3.05) is 13.7 Å². The molecular weight excluding hydrogens is 264 g/mol. The third kappa shape index (κ3) is 2.14. The van der Waals surface area contributed by atoms with Gasteiger partial charge in [-0.15, -0.1) is 0 Å². The molecule has 110 valence electrons. The zero-order valence-corrected chi connectivity index (χ0v) is 11.1. The molecule has 0 aliphatic carbocycles. The lowest BCUT2D eigenvalue weighted by Gasteiger charge is -2.44. The first kappa shape index (κ1) is 13.6. The van der Waals surface area contributed by atoms with Gasteiger partial charge in [-0.05, 0) is 18.1 Å². The van der Waals surface area contributed by atoms with Crippen LogP contribution in [0.15, 0.2) is 18.2 Å². The van der Waals surface area contributed by atoms with E-state index in [4.69, 9.17) is 14.2 Å². The molecule has 20 heavy (non-hydrogen) atoms. The minimum absolute atomic E-state index is 0.353. The SMILES string of the molecule is COc1ccc2c(c1)OC1OC(CO)C(O)C(O)C1C2. The van der Waals surface area contributed by atoms with Gasteiger partial charge in [-0.1, -0.05) is 6.07 Å². The van der Waals surface area contributed by atoms with E-state index in [9.17, 15) is 15.3 Å². The molecule has 5 atom stereocenters. The number of methoxy groups -OCH3 is 1. The van der Waals surface area contributed by atoms with Gasteiger partial charge in [0, 0.05) is 6.07 Å². The molecule has 0 spiro atoms. The van der Waals surface area contributed by atoms with E-state index < -0.39 is 24.6 Å². The molecule has 0 aromatic heterocycles. The molecule has 2 aliphatic heterocycles. The van der Waals surface area contributed by atoms with Crippen molar-refractivity contribution in [2.45, 2.75) is 31.0 Å². The summed E-state index contributed by atoms with van der Waals surface area (Å²) in [5.41, 5.74) is 0.935. The van der Waals surface area contributed by atoms with Crippen LogP contribution in [-0.4, -0.2) is 53.6 Å². The van der Waals surface area contributed by atoms with Gasteiger partial charge in [0.15, 0.2) is 0 Å². The van der Waals surface area contributed by atoms with Crippen LogP contribution in [0.3, 0.4) is 0 Å². The number of hydrogen-bond acceptors (Lipinski definition) is 6. The summed E-state index contributed by atoms with van der Waals surface area (Å²) < 4.78 is 16.4. The molecule has 0 bridgehead atoms. The van der Waals surface area contributed by atoms with Crippen LogP contribution >= 0.6 is 0 Å². The molecule has 2 heterocycles. The number of rotatable bonds is 2. The molecule has 0 amide bonds. The van der Waals surface area contributed by atoms with Crippen LogP contribution in [0.1, 0.15) is 5.56 Å². The molecule has 3 rings (SSSR count). The van der Waals surface area contributed by atoms with Crippen LogP contribution < -0.4 is 9.47 Å². The Kier molecular flexibility index (Phi) is 3.55. The van der Waals surface area contributed by atoms with Crippen molar-refractivity contribution in [2.24, 2.45) is 5.92 Å². The molecule has 0 radical (unpaired) electrons. The molecule has 5 unspecified atom stereocenters. The lowest BCUT2D eigenvalue weighted by atomic mass is 9.84. The quantitative estimate of drug-likeness (QED) is 0.689. The van der Waals surface area contributed by atoms with Gasteiger partial charge in [-0.3, -0.25) is 0 Å². The van der Waals surface area contributed by atoms with Crippen LogP contribution in [0, 0.1) is 5.92 Å². The second-order valence-corrected chi connectivity index (χ2v) is 5.17. The number of ether oxygens (including phenoxy) is 3. The van der Waals surface area contributed by atoms with Gasteiger partial charge in [0.2, 0.25) is 6.29 Å². The molecule has 2 aliphatic rings. The molecule has 1 aromatic carbocycles. The van der Waals surface area contributed by atoms with E-state index >= 15 is 0 Å². The van der Waals surface area contributed by atoms with Crippen molar-refractivity contribution in [3.8, 4) is 11.5 Å². The fraction of sp³-hybridized carbons (Fsp3) is 0.571. The van der Waals surface area contributed by atoms with E-state index in [2.05, 4.69) is 0 Å². The van der Waals surface area contributed by atoms with Gasteiger partial charge in [0.1, 0.15) is 23.7 Å². The van der Waals surface area contributed by atoms with Gasteiger partial charge in [-0.25, -0.2) is 0 Å². The van der Waals surface area contributed by atoms with Gasteiger partial charge in [-0.2, -0.15) is 0 Å². The molecule has 6 nitrogen and oxygen atoms in total. The van der Waals surface area contributed by atoms with Crippen LogP contribution in [0.2, 0.25) is 0 Å². The summed E-state index contributed by atoms with van der Waals surface area (Å²) in [5, 5.41) is 29.2. The summed E-state index contributed by atoms with van der Waals surface area (Å²) in [6.07, 6.45) is -3.06. The number of fused-ring (bicyclic) bond motifs is 2. The summed E-state index contributed by atoms with van der Waals surface area (Å²) in [6.45, 7) is -0.365. The van der Waals surface area contributed by atoms with Crippen molar-refractivity contribution >= 4 is 0 Å². The minimum Gasteiger partial charge on any atom is -0.497 e. The summed E-state index contributed by atoms with van der Waals surface area (Å²) in [4.78, 5) is 0. The van der Waals surface area contributed by atoms with Crippen molar-refractivity contribution in [1.82, 2.24) is 0 Å². The summed E-state index contributed by atoms with van der Waals surface area (Å²) >= 11 is 0. The van der Waals surface area contributed by atoms with Crippen molar-refractivity contribution in [1.29, 1.82) is 0 Å². The highest BCUT2D eigenvalue weighted by Crippen LogP contribution is 2.39. The Morgan fingerprint density at radius 3 is 2.80 bits per heavy atom. The molecule has 0 saturated carbocycles. The van der Waals surface area contributed by atoms with Gasteiger partial charge in [0.25, 0.3) is 0 Å². The first-order chi connectivity index (χ1) is 9.63. The summed E-state index contributed by atoms with van der Waals surface area (Å²) in [7, 11) is 1.58. The summed E-state index contributed by atoms with van der Waals surface area (Å²) in [6, 6.07) is 5.47. The minimum atomic E-state index is -1.11. The lowest BCUT2D eigenvalue weighted by Crippen LogP contribution is -2.58. The van der Waals surface area contributed by atoms with Gasteiger partial charge >= 0.3 is 0 Å². The Morgan fingerprint density at radius 2 is 2.10 bits per heavy atom. The first-order valence-corrected chi connectivity index (χ1v) is 6.60. The zero-order chi connectivity index (χ0) is 14.3. The highest BCUT2D eigenvalue weighted by atomic mass is 16.7. The van der Waals surface area contributed by atoms with Crippen molar-refractivity contribution in [3.05, 3.63) is 23.8 Å². The topological polar surface area (TPSA) is 88.4 Å². The maximum absolute atomic E-state index is 10.2. The predicted molar refractivity (Wildman–Crippen MR) is 68.6 cm³/mol. The Hall–Kier alpha value is -1.34. The highest BCUT2D eigenvalue weighted by Gasteiger charge is 2.47. The second-order valence-electron chi connectivity index (χ2n) is 5.17. The molecular formula is C14H18O6. The maximum atomic E-state index is 10.2. The van der Waals surface area contributed by atoms with Gasteiger partial charge in [0.05, 0.1) is 25.7 Å². The van der Waals surface area contributed by atoms with E-state index in [1.54, 1.807) is 13.2 Å². The van der Waals surface area contributed by atoms with Gasteiger partial charge < -0.3 is 29.5 Å². The molecule has 6 heteroatoms. The van der Waals surface area contributed by atoms with E-state index in [0.717, 1.165) is 5.56 Å². The third-order valence-electron chi connectivity index (χ3n) is 3.98. The van der Waals surface area contributed by atoms with Crippen LogP contribution in [0.5, 0.6) is 11.5 Å². The fourth-order valence-electron chi connectivity index (χ4n) is 2.79. The Morgan fingerprint density at radius 1 is 1.30 bits per heavy atom. The number of aliphatic hydroxyl groups excluding tert-OH is 3. The molecule has 3 N–H and O–H groups in total. The highest BCUT2D eigenvalue weighted by molar-refractivity contribution is 5.42. The Labute approximate surface area is 116 Å². The van der Waals surface area contributed by atoms with Crippen molar-refractivity contribution in [3.63, 3.8) is 0 Å². The zero-order valence-electron chi connectivity index (χ0n) is 11.1. The fourth-order valence-corrected chi connectivity index (χ4v) is 2.79. The van der Waals surface area contributed by atoms with E-state index in [-0.39, 0.29) is 12.5 Å². The average molecular weight is 282 g/mol. The number of hydrogen-bond donors (Lipinski definition) is 3. The predicted octanol–water partition coefficient (Wildman–Crippen LogP) is -0.315. The lowest BCUT2D eigenvalue weighted by molar-refractivity contribution is -0.264. The number of aliphatic hydroxyl groups is 3. The standard InChI is InChI=1S/C14H18O6/c1-18-8-3-2-7-4-9-12(16)13(17)11(6-15)20-14(9)19-10(7)5-8/h2-3,5,9,11-17H,4,6H2,1H3. The van der Waals surface area contributed by atoms with E-state index in [0.29, 0.717) is 17.9 Å². The second kappa shape index (κ2) is 5.21. The first-order valence-electron chi connectivity index (χ1n) is 6.60. The maximum Gasteiger partial charge on any atom is 0.206 e. The van der Waals surface area contributed by atoms with Crippen molar-refractivity contribution < 1.29 is 29.5 Å². The summed E-state index contributed by atoms with van der Waals surface area (Å²) in [5.74, 6) is 0.969. The van der Waals surface area contributed by atoms with Crippen LogP contribution in [0.25, 0.3) is 0 Å². The Balaban J connectivity index is 1.88. The molecule has 1 saturated heterocycles.